The summed E-state index contributed by atoms with van der Waals surface area (Å²) in [7, 11) is 0. The first kappa shape index (κ1) is 41.9. The zero-order chi connectivity index (χ0) is 46.5. The van der Waals surface area contributed by atoms with Gasteiger partial charge in [0.15, 0.2) is 0 Å². The fourth-order valence-electron chi connectivity index (χ4n) is 10.8. The molecule has 0 saturated carbocycles. The highest BCUT2D eigenvalue weighted by Crippen LogP contribution is 2.59. The van der Waals surface area contributed by atoms with E-state index in [9.17, 15) is 0 Å². The zero-order valence-corrected chi connectivity index (χ0v) is 39.1. The molecule has 12 rings (SSSR count). The van der Waals surface area contributed by atoms with Crippen molar-refractivity contribution in [2.75, 3.05) is 16.5 Å². The van der Waals surface area contributed by atoms with E-state index < -0.39 is 5.41 Å². The molecule has 332 valence electrons. The quantitative estimate of drug-likeness (QED) is 0.144. The number of aromatic nitrogens is 1. The molecule has 2 heterocycles. The van der Waals surface area contributed by atoms with Crippen LogP contribution in [0.4, 0.5) is 22.7 Å². The number of nitrogens with zero attached hydrogens (tertiary/aromatic N) is 3. The van der Waals surface area contributed by atoms with E-state index in [4.69, 9.17) is 9.72 Å². The third-order valence-corrected chi connectivity index (χ3v) is 14.0. The van der Waals surface area contributed by atoms with Crippen LogP contribution in [0.5, 0.6) is 11.5 Å². The van der Waals surface area contributed by atoms with Crippen LogP contribution in [0.3, 0.4) is 0 Å². The molecule has 10 aromatic rings. The standard InChI is InChI=1S/C65H51N3O/c1-64(2,3)49-37-38-66-60(42-49)47-25-19-29-52(39-47)69-53-30-20-28-51(43-53)67-44-68(62-36-18-17-35-61(62)67)63-56(45-21-7-4-8-22-45)40-50(41-57(63)46-23-9-5-10-24-46)65(48-26-11-6-12-27-48)58-33-15-13-31-54(58)55-32-14-16-34-59(55)65/h4-43H,44H2,1-3H3. The molecule has 1 aromatic heterocycles. The molecule has 9 aromatic carbocycles. The second-order valence-electron chi connectivity index (χ2n) is 19.2. The van der Waals surface area contributed by atoms with E-state index in [2.05, 4.69) is 249 Å². The van der Waals surface area contributed by atoms with Gasteiger partial charge in [-0.3, -0.25) is 4.98 Å². The predicted octanol–water partition coefficient (Wildman–Crippen LogP) is 16.8. The van der Waals surface area contributed by atoms with Gasteiger partial charge in [0.25, 0.3) is 0 Å². The van der Waals surface area contributed by atoms with Crippen molar-refractivity contribution in [3.63, 3.8) is 0 Å². The molecule has 4 nitrogen and oxygen atoms in total. The lowest BCUT2D eigenvalue weighted by Crippen LogP contribution is -2.29. The molecule has 1 aliphatic heterocycles. The lowest BCUT2D eigenvalue weighted by molar-refractivity contribution is 0.483. The van der Waals surface area contributed by atoms with Gasteiger partial charge in [-0.15, -0.1) is 0 Å². The fraction of sp³-hybridized carbons (Fsp3) is 0.0923. The van der Waals surface area contributed by atoms with Crippen molar-refractivity contribution in [1.29, 1.82) is 0 Å². The van der Waals surface area contributed by atoms with E-state index >= 15 is 0 Å². The molecule has 0 saturated heterocycles. The second kappa shape index (κ2) is 17.0. The number of ether oxygens (including phenoxy) is 1. The summed E-state index contributed by atoms with van der Waals surface area (Å²) in [6.45, 7) is 7.27. The van der Waals surface area contributed by atoms with Crippen LogP contribution in [-0.2, 0) is 10.8 Å². The molecule has 0 radical (unpaired) electrons. The van der Waals surface area contributed by atoms with Crippen LogP contribution < -0.4 is 14.5 Å². The number of benzene rings is 9. The molecule has 4 heteroatoms. The molecule has 1 aliphatic carbocycles. The van der Waals surface area contributed by atoms with Gasteiger partial charge >= 0.3 is 0 Å². The predicted molar refractivity (Wildman–Crippen MR) is 285 cm³/mol. The Bertz CT molecular complexity index is 3400. The van der Waals surface area contributed by atoms with Gasteiger partial charge in [0, 0.05) is 34.6 Å². The van der Waals surface area contributed by atoms with Gasteiger partial charge in [0.2, 0.25) is 0 Å². The average Bonchev–Trinajstić information content (AvgIpc) is 3.94. The number of fused-ring (bicyclic) bond motifs is 4. The van der Waals surface area contributed by atoms with Crippen molar-refractivity contribution in [3.05, 3.63) is 271 Å². The summed E-state index contributed by atoms with van der Waals surface area (Å²) in [5.74, 6) is 1.52. The Balaban J connectivity index is 1.01. The Labute approximate surface area is 405 Å². The second-order valence-corrected chi connectivity index (χ2v) is 19.2. The van der Waals surface area contributed by atoms with Crippen LogP contribution in [0.1, 0.15) is 48.6 Å². The van der Waals surface area contributed by atoms with Crippen LogP contribution in [0.25, 0.3) is 44.6 Å². The van der Waals surface area contributed by atoms with Crippen LogP contribution in [-0.4, -0.2) is 11.7 Å². The Kier molecular flexibility index (Phi) is 10.3. The Morgan fingerprint density at radius 3 is 1.58 bits per heavy atom. The maximum Gasteiger partial charge on any atom is 0.129 e. The summed E-state index contributed by atoms with van der Waals surface area (Å²) in [6, 6.07) is 85.8. The topological polar surface area (TPSA) is 28.6 Å². The highest BCUT2D eigenvalue weighted by Gasteiger charge is 2.47. The lowest BCUT2D eigenvalue weighted by Gasteiger charge is -2.36. The van der Waals surface area contributed by atoms with E-state index in [1.807, 2.05) is 24.4 Å². The minimum atomic E-state index is -0.581. The van der Waals surface area contributed by atoms with Gasteiger partial charge in [-0.05, 0) is 116 Å². The number of para-hydroxylation sites is 2. The lowest BCUT2D eigenvalue weighted by atomic mass is 9.66. The highest BCUT2D eigenvalue weighted by atomic mass is 16.5. The molecule has 0 fully saturated rings. The molecule has 0 amide bonds. The van der Waals surface area contributed by atoms with Crippen molar-refractivity contribution >= 4 is 22.7 Å². The summed E-state index contributed by atoms with van der Waals surface area (Å²) in [5, 5.41) is 0. The van der Waals surface area contributed by atoms with Crippen LogP contribution >= 0.6 is 0 Å². The molecule has 2 aliphatic rings. The smallest absolute Gasteiger partial charge is 0.129 e. The molecule has 0 spiro atoms. The minimum absolute atomic E-state index is 0.0201. The molecule has 0 atom stereocenters. The van der Waals surface area contributed by atoms with Crippen molar-refractivity contribution in [3.8, 4) is 56.1 Å². The number of anilines is 4. The SMILES string of the molecule is CC(C)(C)c1ccnc(-c2cccc(Oc3cccc(N4CN(c5c(-c6ccccc6)cc(C6(c7ccccc7)c7ccccc7-c7ccccc76)cc5-c5ccccc5)c5ccccc54)c3)c2)c1. The number of pyridine rings is 1. The van der Waals surface area contributed by atoms with Gasteiger partial charge in [-0.25, -0.2) is 0 Å². The third kappa shape index (κ3) is 7.28. The maximum atomic E-state index is 6.68. The van der Waals surface area contributed by atoms with Gasteiger partial charge in [0.05, 0.1) is 28.2 Å². The normalized spacial score (nSPS) is 13.4. The Morgan fingerprint density at radius 2 is 0.957 bits per heavy atom. The number of rotatable bonds is 9. The zero-order valence-electron chi connectivity index (χ0n) is 39.1. The average molecular weight is 890 g/mol. The molecule has 69 heavy (non-hydrogen) atoms. The molecule has 0 unspecified atom stereocenters. The Hall–Kier alpha value is -8.47. The molecular weight excluding hydrogens is 839 g/mol. The maximum absolute atomic E-state index is 6.68. The molecule has 0 N–H and O–H groups in total. The van der Waals surface area contributed by atoms with E-state index in [0.29, 0.717) is 6.67 Å². The van der Waals surface area contributed by atoms with Gasteiger partial charge in [0.1, 0.15) is 18.2 Å². The van der Waals surface area contributed by atoms with Crippen LogP contribution in [0, 0.1) is 0 Å². The minimum Gasteiger partial charge on any atom is -0.457 e. The van der Waals surface area contributed by atoms with Crippen molar-refractivity contribution < 1.29 is 4.74 Å². The highest BCUT2D eigenvalue weighted by molar-refractivity contribution is 6.00. The summed E-state index contributed by atoms with van der Waals surface area (Å²) in [6.07, 6.45) is 1.90. The van der Waals surface area contributed by atoms with Crippen molar-refractivity contribution in [2.24, 2.45) is 0 Å². The van der Waals surface area contributed by atoms with Crippen molar-refractivity contribution in [1.82, 2.24) is 4.98 Å². The largest absolute Gasteiger partial charge is 0.457 e. The third-order valence-electron chi connectivity index (χ3n) is 14.0. The summed E-state index contributed by atoms with van der Waals surface area (Å²) in [5.41, 5.74) is 19.3. The van der Waals surface area contributed by atoms with E-state index in [1.165, 1.54) is 50.1 Å². The van der Waals surface area contributed by atoms with E-state index in [1.54, 1.807) is 0 Å². The van der Waals surface area contributed by atoms with Crippen molar-refractivity contribution in [2.45, 2.75) is 31.6 Å². The van der Waals surface area contributed by atoms with E-state index in [-0.39, 0.29) is 5.41 Å². The number of hydrogen-bond donors (Lipinski definition) is 0. The number of hydrogen-bond acceptors (Lipinski definition) is 4. The van der Waals surface area contributed by atoms with Gasteiger partial charge in [-0.2, -0.15) is 0 Å². The summed E-state index contributed by atoms with van der Waals surface area (Å²) < 4.78 is 6.68. The molecule has 0 bridgehead atoms. The van der Waals surface area contributed by atoms with E-state index in [0.717, 1.165) is 56.6 Å². The summed E-state index contributed by atoms with van der Waals surface area (Å²) in [4.78, 5) is 9.66. The van der Waals surface area contributed by atoms with Crippen LogP contribution in [0.2, 0.25) is 0 Å². The first-order chi connectivity index (χ1) is 33.8. The molecular formula is C65H51N3O. The Morgan fingerprint density at radius 1 is 0.435 bits per heavy atom. The first-order valence-corrected chi connectivity index (χ1v) is 23.9. The fourth-order valence-corrected chi connectivity index (χ4v) is 10.8. The van der Waals surface area contributed by atoms with Crippen LogP contribution in [0.15, 0.2) is 243 Å². The van der Waals surface area contributed by atoms with Gasteiger partial charge in [-0.1, -0.05) is 191 Å². The monoisotopic (exact) mass is 889 g/mol. The van der Waals surface area contributed by atoms with Gasteiger partial charge < -0.3 is 14.5 Å². The summed E-state index contributed by atoms with van der Waals surface area (Å²) >= 11 is 0. The first-order valence-electron chi connectivity index (χ1n) is 23.9.